The van der Waals surface area contributed by atoms with E-state index < -0.39 is 0 Å². The monoisotopic (exact) mass is 281 g/mol. The van der Waals surface area contributed by atoms with Gasteiger partial charge in [0.2, 0.25) is 5.95 Å². The van der Waals surface area contributed by atoms with Crippen molar-refractivity contribution in [2.75, 3.05) is 11.9 Å². The summed E-state index contributed by atoms with van der Waals surface area (Å²) >= 11 is 0. The van der Waals surface area contributed by atoms with Gasteiger partial charge in [0.05, 0.1) is 11.3 Å². The fourth-order valence-corrected chi connectivity index (χ4v) is 1.68. The number of nitriles is 1. The summed E-state index contributed by atoms with van der Waals surface area (Å²) in [5.74, 6) is 0.0396. The molecule has 0 fully saturated rings. The summed E-state index contributed by atoms with van der Waals surface area (Å²) in [5.41, 5.74) is 1.38. The molecule has 0 radical (unpaired) electrons. The molecule has 1 heterocycles. The maximum atomic E-state index is 11.8. The third-order valence-corrected chi connectivity index (χ3v) is 2.72. The highest BCUT2D eigenvalue weighted by atomic mass is 16.1. The van der Waals surface area contributed by atoms with Crippen LogP contribution in [0.25, 0.3) is 0 Å². The lowest BCUT2D eigenvalue weighted by Crippen LogP contribution is -2.25. The second kappa shape index (κ2) is 7.01. The number of benzene rings is 1. The van der Waals surface area contributed by atoms with Crippen LogP contribution in [0.5, 0.6) is 0 Å². The summed E-state index contributed by atoms with van der Waals surface area (Å²) in [6, 6.07) is 10.7. The summed E-state index contributed by atoms with van der Waals surface area (Å²) in [7, 11) is 0. The van der Waals surface area contributed by atoms with Gasteiger partial charge in [-0.05, 0) is 24.6 Å². The molecule has 0 aliphatic rings. The second-order valence-electron chi connectivity index (χ2n) is 4.30. The van der Waals surface area contributed by atoms with Crippen LogP contribution in [0.3, 0.4) is 0 Å². The number of amides is 1. The number of hydrogen-bond acceptors (Lipinski definition) is 5. The van der Waals surface area contributed by atoms with Crippen LogP contribution in [0.2, 0.25) is 0 Å². The fraction of sp³-hybridized carbons (Fsp3) is 0.200. The van der Waals surface area contributed by atoms with Gasteiger partial charge in [-0.1, -0.05) is 19.1 Å². The van der Waals surface area contributed by atoms with Gasteiger partial charge in [0.25, 0.3) is 5.91 Å². The Labute approximate surface area is 122 Å². The summed E-state index contributed by atoms with van der Waals surface area (Å²) in [4.78, 5) is 20.1. The second-order valence-corrected chi connectivity index (χ2v) is 4.30. The first-order chi connectivity index (χ1) is 10.2. The van der Waals surface area contributed by atoms with Gasteiger partial charge in [0.1, 0.15) is 11.8 Å². The Kier molecular flexibility index (Phi) is 4.83. The molecule has 0 aliphatic carbocycles. The van der Waals surface area contributed by atoms with E-state index >= 15 is 0 Å². The number of nitrogens with zero attached hydrogens (tertiary/aromatic N) is 3. The van der Waals surface area contributed by atoms with Crippen molar-refractivity contribution < 1.29 is 4.79 Å². The first-order valence-corrected chi connectivity index (χ1v) is 6.62. The SMILES string of the molecule is CCCNC(=O)c1ccnc(Nc2ccccc2C#N)n1. The van der Waals surface area contributed by atoms with E-state index in [0.29, 0.717) is 17.8 Å². The van der Waals surface area contributed by atoms with E-state index in [1.807, 2.05) is 6.92 Å². The van der Waals surface area contributed by atoms with Crippen molar-refractivity contribution in [1.82, 2.24) is 15.3 Å². The normalized spacial score (nSPS) is 9.71. The van der Waals surface area contributed by atoms with Gasteiger partial charge in [-0.25, -0.2) is 9.97 Å². The zero-order valence-corrected chi connectivity index (χ0v) is 11.6. The molecule has 106 valence electrons. The molecule has 2 N–H and O–H groups in total. The molecule has 6 nitrogen and oxygen atoms in total. The van der Waals surface area contributed by atoms with E-state index in [1.54, 1.807) is 30.3 Å². The highest BCUT2D eigenvalue weighted by molar-refractivity contribution is 5.92. The van der Waals surface area contributed by atoms with Gasteiger partial charge in [-0.15, -0.1) is 0 Å². The lowest BCUT2D eigenvalue weighted by atomic mass is 10.2. The molecule has 0 saturated carbocycles. The summed E-state index contributed by atoms with van der Waals surface area (Å²) in [6.07, 6.45) is 2.36. The highest BCUT2D eigenvalue weighted by Gasteiger charge is 2.09. The van der Waals surface area contributed by atoms with Crippen LogP contribution in [0, 0.1) is 11.3 Å². The maximum absolute atomic E-state index is 11.8. The van der Waals surface area contributed by atoms with Gasteiger partial charge in [-0.2, -0.15) is 5.26 Å². The van der Waals surface area contributed by atoms with E-state index in [9.17, 15) is 4.79 Å². The Bertz CT molecular complexity index is 678. The van der Waals surface area contributed by atoms with E-state index in [2.05, 4.69) is 26.7 Å². The number of carbonyl (C=O) groups is 1. The number of anilines is 2. The van der Waals surface area contributed by atoms with Crippen LogP contribution in [-0.2, 0) is 0 Å². The van der Waals surface area contributed by atoms with E-state index in [4.69, 9.17) is 5.26 Å². The van der Waals surface area contributed by atoms with Crippen molar-refractivity contribution in [3.8, 4) is 6.07 Å². The molecule has 1 aromatic carbocycles. The van der Waals surface area contributed by atoms with Crippen molar-refractivity contribution in [2.45, 2.75) is 13.3 Å². The fourth-order valence-electron chi connectivity index (χ4n) is 1.68. The number of hydrogen-bond donors (Lipinski definition) is 2. The van der Waals surface area contributed by atoms with Gasteiger partial charge in [0.15, 0.2) is 0 Å². The number of carbonyl (C=O) groups excluding carboxylic acids is 1. The van der Waals surface area contributed by atoms with E-state index in [-0.39, 0.29) is 17.5 Å². The number of rotatable bonds is 5. The molecular formula is C15H15N5O. The van der Waals surface area contributed by atoms with Gasteiger partial charge >= 0.3 is 0 Å². The van der Waals surface area contributed by atoms with Crippen LogP contribution in [0.4, 0.5) is 11.6 Å². The third kappa shape index (κ3) is 3.76. The van der Waals surface area contributed by atoms with Gasteiger partial charge in [0, 0.05) is 12.7 Å². The molecule has 2 rings (SSSR count). The summed E-state index contributed by atoms with van der Waals surface area (Å²) in [5, 5.41) is 14.7. The zero-order chi connectivity index (χ0) is 15.1. The minimum Gasteiger partial charge on any atom is -0.351 e. The molecule has 0 spiro atoms. The van der Waals surface area contributed by atoms with Gasteiger partial charge in [-0.3, -0.25) is 4.79 Å². The molecule has 0 unspecified atom stereocenters. The smallest absolute Gasteiger partial charge is 0.270 e. The number of aromatic nitrogens is 2. The van der Waals surface area contributed by atoms with Crippen LogP contribution in [0.15, 0.2) is 36.5 Å². The summed E-state index contributed by atoms with van der Waals surface area (Å²) in [6.45, 7) is 2.58. The van der Waals surface area contributed by atoms with Crippen LogP contribution < -0.4 is 10.6 Å². The first kappa shape index (κ1) is 14.5. The Morgan fingerprint density at radius 1 is 1.33 bits per heavy atom. The average Bonchev–Trinajstić information content (AvgIpc) is 2.53. The van der Waals surface area contributed by atoms with Crippen molar-refractivity contribution in [3.63, 3.8) is 0 Å². The molecule has 0 aliphatic heterocycles. The van der Waals surface area contributed by atoms with Crippen LogP contribution in [-0.4, -0.2) is 22.4 Å². The van der Waals surface area contributed by atoms with Crippen molar-refractivity contribution >= 4 is 17.5 Å². The highest BCUT2D eigenvalue weighted by Crippen LogP contribution is 2.17. The Balaban J connectivity index is 2.18. The molecule has 6 heteroatoms. The quantitative estimate of drug-likeness (QED) is 0.877. The molecule has 2 aromatic rings. The lowest BCUT2D eigenvalue weighted by Gasteiger charge is -2.07. The Morgan fingerprint density at radius 2 is 2.14 bits per heavy atom. The minimum absolute atomic E-state index is 0.240. The largest absolute Gasteiger partial charge is 0.351 e. The molecule has 0 atom stereocenters. The molecular weight excluding hydrogens is 266 g/mol. The number of para-hydroxylation sites is 1. The Morgan fingerprint density at radius 3 is 2.90 bits per heavy atom. The topological polar surface area (TPSA) is 90.7 Å². The van der Waals surface area contributed by atoms with Crippen LogP contribution >= 0.6 is 0 Å². The summed E-state index contributed by atoms with van der Waals surface area (Å²) < 4.78 is 0. The van der Waals surface area contributed by atoms with Crippen molar-refractivity contribution in [1.29, 1.82) is 5.26 Å². The van der Waals surface area contributed by atoms with E-state index in [1.165, 1.54) is 6.20 Å². The molecule has 0 saturated heterocycles. The molecule has 21 heavy (non-hydrogen) atoms. The molecule has 1 amide bonds. The van der Waals surface area contributed by atoms with Gasteiger partial charge < -0.3 is 10.6 Å². The van der Waals surface area contributed by atoms with Crippen molar-refractivity contribution in [3.05, 3.63) is 47.8 Å². The average molecular weight is 281 g/mol. The Hall–Kier alpha value is -2.94. The predicted molar refractivity (Wildman–Crippen MR) is 79.1 cm³/mol. The molecule has 0 bridgehead atoms. The zero-order valence-electron chi connectivity index (χ0n) is 11.6. The maximum Gasteiger partial charge on any atom is 0.270 e. The third-order valence-electron chi connectivity index (χ3n) is 2.72. The van der Waals surface area contributed by atoms with E-state index in [0.717, 1.165) is 6.42 Å². The lowest BCUT2D eigenvalue weighted by molar-refractivity contribution is 0.0948. The number of nitrogens with one attached hydrogen (secondary N) is 2. The standard InChI is InChI=1S/C15H15N5O/c1-2-8-17-14(21)13-7-9-18-15(20-13)19-12-6-4-3-5-11(12)10-16/h3-7,9H,2,8H2,1H3,(H,17,21)(H,18,19,20). The predicted octanol–water partition coefficient (Wildman–Crippen LogP) is 2.23. The first-order valence-electron chi connectivity index (χ1n) is 6.62. The van der Waals surface area contributed by atoms with Crippen molar-refractivity contribution in [2.24, 2.45) is 0 Å². The minimum atomic E-state index is -0.240. The van der Waals surface area contributed by atoms with Crippen LogP contribution in [0.1, 0.15) is 29.4 Å². The molecule has 1 aromatic heterocycles.